The number of rotatable bonds is 4. The van der Waals surface area contributed by atoms with Gasteiger partial charge >= 0.3 is 0 Å². The lowest BCUT2D eigenvalue weighted by Gasteiger charge is -2.31. The molecule has 0 spiro atoms. The van der Waals surface area contributed by atoms with E-state index in [2.05, 4.69) is 11.4 Å². The van der Waals surface area contributed by atoms with Gasteiger partial charge in [0.15, 0.2) is 0 Å². The molecule has 0 saturated heterocycles. The van der Waals surface area contributed by atoms with E-state index in [0.29, 0.717) is 17.1 Å². The van der Waals surface area contributed by atoms with Crippen LogP contribution in [-0.4, -0.2) is 5.91 Å². The van der Waals surface area contributed by atoms with Gasteiger partial charge in [-0.3, -0.25) is 4.79 Å². The molecule has 0 radical (unpaired) electrons. The van der Waals surface area contributed by atoms with E-state index >= 15 is 0 Å². The molecule has 1 aliphatic rings. The number of amides is 1. The number of carbonyl (C=O) groups excluding carboxylic acids is 1. The van der Waals surface area contributed by atoms with Gasteiger partial charge in [-0.05, 0) is 48.2 Å². The SMILES string of the molecule is Cl.NCc1ccc(C(=O)NC2(c3cccc(Cl)c3)CCCC2)cc1. The zero-order valence-corrected chi connectivity index (χ0v) is 15.0. The molecule has 1 aliphatic carbocycles. The van der Waals surface area contributed by atoms with Crippen LogP contribution in [0.3, 0.4) is 0 Å². The third-order valence-corrected chi connectivity index (χ3v) is 4.87. The van der Waals surface area contributed by atoms with Crippen LogP contribution in [0.5, 0.6) is 0 Å². The fraction of sp³-hybridized carbons (Fsp3) is 0.316. The third kappa shape index (κ3) is 3.92. The number of nitrogens with one attached hydrogen (secondary N) is 1. The minimum Gasteiger partial charge on any atom is -0.343 e. The van der Waals surface area contributed by atoms with Gasteiger partial charge in [0.05, 0.1) is 5.54 Å². The minimum atomic E-state index is -0.311. The number of hydrogen-bond acceptors (Lipinski definition) is 2. The van der Waals surface area contributed by atoms with Crippen molar-refractivity contribution < 1.29 is 4.79 Å². The standard InChI is InChI=1S/C19H21ClN2O.ClH/c20-17-5-3-4-16(12-17)19(10-1-2-11-19)22-18(23)15-8-6-14(13-21)7-9-15;/h3-9,12H,1-2,10-11,13,21H2,(H,22,23);1H. The van der Waals surface area contributed by atoms with Crippen molar-refractivity contribution in [3.8, 4) is 0 Å². The highest BCUT2D eigenvalue weighted by Gasteiger charge is 2.37. The van der Waals surface area contributed by atoms with Crippen molar-refractivity contribution >= 4 is 29.9 Å². The molecule has 1 saturated carbocycles. The summed E-state index contributed by atoms with van der Waals surface area (Å²) in [5, 5.41) is 3.96. The average molecular weight is 365 g/mol. The van der Waals surface area contributed by atoms with Crippen molar-refractivity contribution in [2.45, 2.75) is 37.8 Å². The highest BCUT2D eigenvalue weighted by molar-refractivity contribution is 6.30. The largest absolute Gasteiger partial charge is 0.343 e. The summed E-state index contributed by atoms with van der Waals surface area (Å²) >= 11 is 6.15. The number of benzene rings is 2. The Labute approximate surface area is 154 Å². The maximum absolute atomic E-state index is 12.7. The Bertz CT molecular complexity index is 695. The van der Waals surface area contributed by atoms with E-state index in [1.165, 1.54) is 0 Å². The van der Waals surface area contributed by atoms with E-state index in [0.717, 1.165) is 36.8 Å². The third-order valence-electron chi connectivity index (χ3n) is 4.64. The normalized spacial score (nSPS) is 15.6. The van der Waals surface area contributed by atoms with Crippen LogP contribution in [0.1, 0.15) is 47.2 Å². The Morgan fingerprint density at radius 1 is 1.12 bits per heavy atom. The highest BCUT2D eigenvalue weighted by Crippen LogP contribution is 2.39. The van der Waals surface area contributed by atoms with E-state index in [4.69, 9.17) is 17.3 Å². The molecule has 0 unspecified atom stereocenters. The van der Waals surface area contributed by atoms with E-state index in [1.54, 1.807) is 0 Å². The molecule has 5 heteroatoms. The second-order valence-electron chi connectivity index (χ2n) is 6.15. The van der Waals surface area contributed by atoms with Crippen molar-refractivity contribution in [2.75, 3.05) is 0 Å². The summed E-state index contributed by atoms with van der Waals surface area (Å²) in [5.74, 6) is -0.0459. The van der Waals surface area contributed by atoms with Crippen molar-refractivity contribution in [3.63, 3.8) is 0 Å². The summed E-state index contributed by atoms with van der Waals surface area (Å²) in [7, 11) is 0. The lowest BCUT2D eigenvalue weighted by Crippen LogP contribution is -2.43. The Morgan fingerprint density at radius 3 is 2.38 bits per heavy atom. The first-order valence-corrected chi connectivity index (χ1v) is 8.38. The molecule has 24 heavy (non-hydrogen) atoms. The number of halogens is 2. The molecule has 0 aliphatic heterocycles. The van der Waals surface area contributed by atoms with E-state index in [9.17, 15) is 4.79 Å². The predicted octanol–water partition coefficient (Wildman–Crippen LogP) is 4.42. The van der Waals surface area contributed by atoms with Gasteiger partial charge in [-0.1, -0.05) is 48.7 Å². The van der Waals surface area contributed by atoms with Crippen LogP contribution in [0.15, 0.2) is 48.5 Å². The number of carbonyl (C=O) groups is 1. The van der Waals surface area contributed by atoms with E-state index in [1.807, 2.05) is 42.5 Å². The Kier molecular flexibility index (Phi) is 6.27. The van der Waals surface area contributed by atoms with Crippen LogP contribution in [0.2, 0.25) is 5.02 Å². The van der Waals surface area contributed by atoms with Crippen molar-refractivity contribution in [2.24, 2.45) is 5.73 Å². The molecule has 0 heterocycles. The minimum absolute atomic E-state index is 0. The lowest BCUT2D eigenvalue weighted by molar-refractivity contribution is 0.0898. The summed E-state index contributed by atoms with van der Waals surface area (Å²) in [6.07, 6.45) is 4.11. The topological polar surface area (TPSA) is 55.1 Å². The van der Waals surface area contributed by atoms with E-state index in [-0.39, 0.29) is 23.9 Å². The molecular formula is C19H22Cl2N2O. The number of hydrogen-bond donors (Lipinski definition) is 2. The van der Waals surface area contributed by atoms with Crippen molar-refractivity contribution in [3.05, 3.63) is 70.2 Å². The van der Waals surface area contributed by atoms with Crippen LogP contribution < -0.4 is 11.1 Å². The predicted molar refractivity (Wildman–Crippen MR) is 101 cm³/mol. The first kappa shape index (κ1) is 18.8. The fourth-order valence-corrected chi connectivity index (χ4v) is 3.52. The quantitative estimate of drug-likeness (QED) is 0.843. The zero-order chi connectivity index (χ0) is 16.3. The summed E-state index contributed by atoms with van der Waals surface area (Å²) < 4.78 is 0. The Balaban J connectivity index is 0.00000208. The first-order chi connectivity index (χ1) is 11.1. The van der Waals surface area contributed by atoms with Gasteiger partial charge in [-0.15, -0.1) is 12.4 Å². The molecule has 0 atom stereocenters. The molecule has 1 fully saturated rings. The smallest absolute Gasteiger partial charge is 0.251 e. The molecule has 2 aromatic rings. The average Bonchev–Trinajstić information content (AvgIpc) is 3.04. The maximum atomic E-state index is 12.7. The van der Waals surface area contributed by atoms with Gasteiger partial charge < -0.3 is 11.1 Å². The van der Waals surface area contributed by atoms with Crippen LogP contribution in [-0.2, 0) is 12.1 Å². The van der Waals surface area contributed by atoms with Crippen LogP contribution in [0, 0.1) is 0 Å². The van der Waals surface area contributed by atoms with Gasteiger partial charge in [-0.25, -0.2) is 0 Å². The summed E-state index contributed by atoms with van der Waals surface area (Å²) in [5.41, 5.74) is 8.07. The van der Waals surface area contributed by atoms with Crippen LogP contribution >= 0.6 is 24.0 Å². The molecule has 3 rings (SSSR count). The summed E-state index contributed by atoms with van der Waals surface area (Å²) in [6, 6.07) is 15.3. The second kappa shape index (κ2) is 8.02. The Morgan fingerprint density at radius 2 is 1.79 bits per heavy atom. The molecule has 3 N–H and O–H groups in total. The van der Waals surface area contributed by atoms with Crippen LogP contribution in [0.25, 0.3) is 0 Å². The van der Waals surface area contributed by atoms with Gasteiger partial charge in [0.1, 0.15) is 0 Å². The number of nitrogens with two attached hydrogens (primary N) is 1. The van der Waals surface area contributed by atoms with Crippen LogP contribution in [0.4, 0.5) is 0 Å². The van der Waals surface area contributed by atoms with Crippen molar-refractivity contribution in [1.82, 2.24) is 5.32 Å². The van der Waals surface area contributed by atoms with Gasteiger partial charge in [0.2, 0.25) is 0 Å². The summed E-state index contributed by atoms with van der Waals surface area (Å²) in [4.78, 5) is 12.7. The fourth-order valence-electron chi connectivity index (χ4n) is 3.33. The first-order valence-electron chi connectivity index (χ1n) is 8.00. The molecule has 0 aromatic heterocycles. The molecular weight excluding hydrogens is 343 g/mol. The Hall–Kier alpha value is -1.55. The zero-order valence-electron chi connectivity index (χ0n) is 13.4. The van der Waals surface area contributed by atoms with Gasteiger partial charge in [-0.2, -0.15) is 0 Å². The lowest BCUT2D eigenvalue weighted by atomic mass is 9.87. The monoisotopic (exact) mass is 364 g/mol. The molecule has 1 amide bonds. The summed E-state index contributed by atoms with van der Waals surface area (Å²) in [6.45, 7) is 0.481. The van der Waals surface area contributed by atoms with Gasteiger partial charge in [0, 0.05) is 17.1 Å². The van der Waals surface area contributed by atoms with E-state index < -0.39 is 0 Å². The molecule has 3 nitrogen and oxygen atoms in total. The molecule has 128 valence electrons. The second-order valence-corrected chi connectivity index (χ2v) is 6.59. The van der Waals surface area contributed by atoms with Crippen molar-refractivity contribution in [1.29, 1.82) is 0 Å². The maximum Gasteiger partial charge on any atom is 0.251 e. The van der Waals surface area contributed by atoms with Gasteiger partial charge in [0.25, 0.3) is 5.91 Å². The highest BCUT2D eigenvalue weighted by atomic mass is 35.5. The molecule has 2 aromatic carbocycles. The molecule has 0 bridgehead atoms.